The highest BCUT2D eigenvalue weighted by Crippen LogP contribution is 2.30. The number of hydrogen-bond acceptors (Lipinski definition) is 4. The van der Waals surface area contributed by atoms with Crippen LogP contribution in [0.3, 0.4) is 0 Å². The fourth-order valence-corrected chi connectivity index (χ4v) is 3.29. The van der Waals surface area contributed by atoms with Gasteiger partial charge in [-0.1, -0.05) is 6.07 Å². The first kappa shape index (κ1) is 17.2. The minimum atomic E-state index is -3.96. The van der Waals surface area contributed by atoms with Crippen molar-refractivity contribution in [1.29, 1.82) is 0 Å². The van der Waals surface area contributed by atoms with Gasteiger partial charge in [0, 0.05) is 12.7 Å². The van der Waals surface area contributed by atoms with E-state index in [0.717, 1.165) is 0 Å². The molecule has 1 heterocycles. The van der Waals surface area contributed by atoms with Gasteiger partial charge < -0.3 is 4.74 Å². The maximum atomic E-state index is 12.5. The summed E-state index contributed by atoms with van der Waals surface area (Å²) in [6.45, 7) is 2.54. The van der Waals surface area contributed by atoms with Crippen LogP contribution in [-0.2, 0) is 16.6 Å². The third-order valence-electron chi connectivity index (χ3n) is 3.11. The van der Waals surface area contributed by atoms with Crippen LogP contribution in [0, 0.1) is 13.8 Å². The Morgan fingerprint density at radius 3 is 2.61 bits per heavy atom. The van der Waals surface area contributed by atoms with Gasteiger partial charge in [-0.2, -0.15) is 13.9 Å². The van der Waals surface area contributed by atoms with Crippen LogP contribution in [0.5, 0.6) is 5.75 Å². The predicted octanol–water partition coefficient (Wildman–Crippen LogP) is 2.92. The van der Waals surface area contributed by atoms with Crippen molar-refractivity contribution in [2.24, 2.45) is 0 Å². The summed E-state index contributed by atoms with van der Waals surface area (Å²) in [4.78, 5) is -0.0112. The molecular formula is C14H17F2N3O3S. The maximum absolute atomic E-state index is 12.5. The van der Waals surface area contributed by atoms with Crippen LogP contribution in [0.4, 0.5) is 14.5 Å². The molecule has 0 saturated heterocycles. The van der Waals surface area contributed by atoms with Crippen molar-refractivity contribution in [3.05, 3.63) is 35.7 Å². The number of aromatic nitrogens is 2. The maximum Gasteiger partial charge on any atom is 0.387 e. The van der Waals surface area contributed by atoms with Gasteiger partial charge in [0.2, 0.25) is 0 Å². The first-order chi connectivity index (χ1) is 10.7. The molecule has 0 aliphatic heterocycles. The van der Waals surface area contributed by atoms with E-state index in [0.29, 0.717) is 17.8 Å². The molecule has 23 heavy (non-hydrogen) atoms. The molecule has 0 radical (unpaired) electrons. The number of halogens is 2. The van der Waals surface area contributed by atoms with Crippen LogP contribution in [0.1, 0.15) is 18.2 Å². The number of aryl methyl sites for hydroxylation is 3. The molecule has 1 aromatic carbocycles. The number of nitrogens with one attached hydrogen (secondary N) is 1. The number of anilines is 1. The van der Waals surface area contributed by atoms with E-state index in [2.05, 4.69) is 14.6 Å². The van der Waals surface area contributed by atoms with Crippen molar-refractivity contribution in [2.75, 3.05) is 4.72 Å². The van der Waals surface area contributed by atoms with E-state index < -0.39 is 16.6 Å². The average molecular weight is 345 g/mol. The molecule has 2 rings (SSSR count). The lowest BCUT2D eigenvalue weighted by Gasteiger charge is -2.13. The lowest BCUT2D eigenvalue weighted by atomic mass is 10.2. The van der Waals surface area contributed by atoms with E-state index in [1.54, 1.807) is 19.9 Å². The summed E-state index contributed by atoms with van der Waals surface area (Å²) in [7, 11) is -3.96. The van der Waals surface area contributed by atoms with Crippen molar-refractivity contribution >= 4 is 15.7 Å². The summed E-state index contributed by atoms with van der Waals surface area (Å²) in [5.74, 6) is -0.232. The summed E-state index contributed by atoms with van der Waals surface area (Å²) in [6.07, 6.45) is 1.39. The molecular weight excluding hydrogens is 328 g/mol. The molecule has 0 bridgehead atoms. The third kappa shape index (κ3) is 3.98. The van der Waals surface area contributed by atoms with Gasteiger partial charge in [0.05, 0.1) is 11.4 Å². The number of benzene rings is 1. The van der Waals surface area contributed by atoms with Crippen molar-refractivity contribution in [1.82, 2.24) is 9.78 Å². The Labute approximate surface area is 133 Å². The Kier molecular flexibility index (Phi) is 4.88. The van der Waals surface area contributed by atoms with Crippen molar-refractivity contribution in [2.45, 2.75) is 38.8 Å². The number of hydrogen-bond donors (Lipinski definition) is 1. The standard InChI is InChI=1S/C14H17F2N3O3S/c1-4-19-8-13(10(3)17-19)23(20,21)18-11-6-5-9(2)7-12(11)22-14(15)16/h5-8,14,18H,4H2,1-3H3. The second kappa shape index (κ2) is 6.53. The summed E-state index contributed by atoms with van der Waals surface area (Å²) in [5.41, 5.74) is 0.931. The van der Waals surface area contributed by atoms with E-state index >= 15 is 0 Å². The lowest BCUT2D eigenvalue weighted by molar-refractivity contribution is -0.0493. The zero-order chi connectivity index (χ0) is 17.2. The summed E-state index contributed by atoms with van der Waals surface area (Å²) in [6, 6.07) is 4.31. The van der Waals surface area contributed by atoms with Crippen molar-refractivity contribution in [3.63, 3.8) is 0 Å². The van der Waals surface area contributed by atoms with E-state index in [1.165, 1.54) is 23.0 Å². The van der Waals surface area contributed by atoms with Crippen LogP contribution in [-0.4, -0.2) is 24.8 Å². The summed E-state index contributed by atoms with van der Waals surface area (Å²) >= 11 is 0. The molecule has 6 nitrogen and oxygen atoms in total. The van der Waals surface area contributed by atoms with E-state index in [-0.39, 0.29) is 16.3 Å². The molecule has 9 heteroatoms. The number of nitrogens with zero attached hydrogens (tertiary/aromatic N) is 2. The molecule has 0 aliphatic carbocycles. The average Bonchev–Trinajstić information content (AvgIpc) is 2.83. The second-order valence-electron chi connectivity index (χ2n) is 4.92. The van der Waals surface area contributed by atoms with Gasteiger partial charge in [-0.3, -0.25) is 9.40 Å². The molecule has 2 aromatic rings. The Hall–Kier alpha value is -2.16. The normalized spacial score (nSPS) is 11.7. The molecule has 0 amide bonds. The highest BCUT2D eigenvalue weighted by Gasteiger charge is 2.22. The Morgan fingerprint density at radius 1 is 1.35 bits per heavy atom. The smallest absolute Gasteiger partial charge is 0.387 e. The zero-order valence-corrected chi connectivity index (χ0v) is 13.7. The summed E-state index contributed by atoms with van der Waals surface area (Å²) in [5, 5.41) is 4.07. The van der Waals surface area contributed by atoms with E-state index in [1.807, 2.05) is 6.92 Å². The van der Waals surface area contributed by atoms with Crippen LogP contribution >= 0.6 is 0 Å². The highest BCUT2D eigenvalue weighted by atomic mass is 32.2. The van der Waals surface area contributed by atoms with Gasteiger partial charge in [-0.25, -0.2) is 8.42 Å². The minimum absolute atomic E-state index is 0.0112. The topological polar surface area (TPSA) is 73.2 Å². The molecule has 0 spiro atoms. The molecule has 0 fully saturated rings. The quantitative estimate of drug-likeness (QED) is 0.874. The van der Waals surface area contributed by atoms with Gasteiger partial charge >= 0.3 is 6.61 Å². The molecule has 0 unspecified atom stereocenters. The zero-order valence-electron chi connectivity index (χ0n) is 12.9. The third-order valence-corrected chi connectivity index (χ3v) is 4.58. The number of alkyl halides is 2. The Bertz CT molecular complexity index is 804. The second-order valence-corrected chi connectivity index (χ2v) is 6.57. The van der Waals surface area contributed by atoms with E-state index in [4.69, 9.17) is 0 Å². The molecule has 0 aliphatic rings. The van der Waals surface area contributed by atoms with E-state index in [9.17, 15) is 17.2 Å². The number of sulfonamides is 1. The first-order valence-corrected chi connectivity index (χ1v) is 8.33. The van der Waals surface area contributed by atoms with Gasteiger partial charge in [0.25, 0.3) is 10.0 Å². The Morgan fingerprint density at radius 2 is 2.04 bits per heavy atom. The van der Waals surface area contributed by atoms with Gasteiger partial charge in [-0.05, 0) is 38.5 Å². The fourth-order valence-electron chi connectivity index (χ4n) is 2.03. The monoisotopic (exact) mass is 345 g/mol. The highest BCUT2D eigenvalue weighted by molar-refractivity contribution is 7.92. The minimum Gasteiger partial charge on any atom is -0.433 e. The van der Waals surface area contributed by atoms with Gasteiger partial charge in [0.1, 0.15) is 10.6 Å². The Balaban J connectivity index is 2.38. The van der Waals surface area contributed by atoms with Crippen molar-refractivity contribution < 1.29 is 21.9 Å². The number of ether oxygens (including phenoxy) is 1. The fraction of sp³-hybridized carbons (Fsp3) is 0.357. The van der Waals surface area contributed by atoms with Crippen LogP contribution < -0.4 is 9.46 Å². The largest absolute Gasteiger partial charge is 0.433 e. The van der Waals surface area contributed by atoms with Gasteiger partial charge in [-0.15, -0.1) is 0 Å². The molecule has 1 aromatic heterocycles. The lowest BCUT2D eigenvalue weighted by Crippen LogP contribution is -2.15. The first-order valence-electron chi connectivity index (χ1n) is 6.85. The van der Waals surface area contributed by atoms with Crippen LogP contribution in [0.25, 0.3) is 0 Å². The summed E-state index contributed by atoms with van der Waals surface area (Å²) < 4.78 is 58.1. The number of rotatable bonds is 6. The van der Waals surface area contributed by atoms with Crippen LogP contribution in [0.2, 0.25) is 0 Å². The predicted molar refractivity (Wildman–Crippen MR) is 81.3 cm³/mol. The molecule has 126 valence electrons. The molecule has 0 atom stereocenters. The molecule has 0 saturated carbocycles. The van der Waals surface area contributed by atoms with Gasteiger partial charge in [0.15, 0.2) is 0 Å². The van der Waals surface area contributed by atoms with Crippen molar-refractivity contribution in [3.8, 4) is 5.75 Å². The van der Waals surface area contributed by atoms with Crippen LogP contribution in [0.15, 0.2) is 29.3 Å². The SMILES string of the molecule is CCn1cc(S(=O)(=O)Nc2ccc(C)cc2OC(F)F)c(C)n1. The molecule has 1 N–H and O–H groups in total.